The van der Waals surface area contributed by atoms with Crippen LogP contribution in [-0.2, 0) is 7.05 Å². The van der Waals surface area contributed by atoms with E-state index in [1.165, 1.54) is 11.6 Å². The maximum absolute atomic E-state index is 10.9. The molecule has 4 rings (SSSR count). The summed E-state index contributed by atoms with van der Waals surface area (Å²) >= 11 is 5.77. The van der Waals surface area contributed by atoms with E-state index in [-0.39, 0.29) is 11.5 Å². The Balaban J connectivity index is 1.95. The number of fused-ring (bicyclic) bond motifs is 1. The van der Waals surface area contributed by atoms with Crippen LogP contribution in [0, 0.1) is 6.92 Å². The number of phenolic OH excluding ortho intramolecular Hbond substituents is 2. The molecule has 0 spiro atoms. The molecule has 1 aliphatic rings. The summed E-state index contributed by atoms with van der Waals surface area (Å²) in [6.07, 6.45) is 5.04. The van der Waals surface area contributed by atoms with Crippen LogP contribution in [0.25, 0.3) is 16.6 Å². The van der Waals surface area contributed by atoms with Crippen LogP contribution in [-0.4, -0.2) is 26.9 Å². The fourth-order valence-corrected chi connectivity index (χ4v) is 4.59. The lowest BCUT2D eigenvalue weighted by Gasteiger charge is -2.30. The van der Waals surface area contributed by atoms with Gasteiger partial charge in [-0.1, -0.05) is 6.92 Å². The van der Waals surface area contributed by atoms with E-state index in [0.717, 1.165) is 52.7 Å². The molecule has 6 heteroatoms. The summed E-state index contributed by atoms with van der Waals surface area (Å²) in [5.41, 5.74) is 6.79. The minimum absolute atomic E-state index is 0.0515. The van der Waals surface area contributed by atoms with Crippen molar-refractivity contribution in [2.45, 2.75) is 46.0 Å². The molecule has 1 fully saturated rings. The Morgan fingerprint density at radius 1 is 1.19 bits per heavy atom. The number of thiocarbonyl (C=S) groups is 1. The van der Waals surface area contributed by atoms with Crippen molar-refractivity contribution in [3.63, 3.8) is 0 Å². The number of phenols is 2. The molecular formula is C26H31N3O2S. The van der Waals surface area contributed by atoms with Crippen molar-refractivity contribution in [2.24, 2.45) is 7.05 Å². The first kappa shape index (κ1) is 22.2. The van der Waals surface area contributed by atoms with Gasteiger partial charge in [0.2, 0.25) is 0 Å². The Morgan fingerprint density at radius 2 is 1.91 bits per heavy atom. The summed E-state index contributed by atoms with van der Waals surface area (Å²) in [5.74, 6) is 0.562. The summed E-state index contributed by atoms with van der Waals surface area (Å²) < 4.78 is 2.12. The van der Waals surface area contributed by atoms with Crippen LogP contribution < -0.4 is 10.2 Å². The van der Waals surface area contributed by atoms with E-state index in [2.05, 4.69) is 55.1 Å². The van der Waals surface area contributed by atoms with Gasteiger partial charge >= 0.3 is 0 Å². The van der Waals surface area contributed by atoms with Crippen molar-refractivity contribution in [1.29, 1.82) is 0 Å². The van der Waals surface area contributed by atoms with Gasteiger partial charge in [0.1, 0.15) is 11.5 Å². The second-order valence-corrected chi connectivity index (χ2v) is 9.09. The number of hydrogen-bond acceptors (Lipinski definition) is 3. The first-order valence-corrected chi connectivity index (χ1v) is 11.5. The minimum Gasteiger partial charge on any atom is -0.508 e. The molecule has 0 radical (unpaired) electrons. The maximum atomic E-state index is 10.9. The average molecular weight is 450 g/mol. The van der Waals surface area contributed by atoms with E-state index in [1.807, 2.05) is 25.1 Å². The summed E-state index contributed by atoms with van der Waals surface area (Å²) in [6, 6.07) is 9.73. The molecule has 0 atom stereocenters. The summed E-state index contributed by atoms with van der Waals surface area (Å²) in [4.78, 5) is 2.00. The summed E-state index contributed by atoms with van der Waals surface area (Å²) in [7, 11) is 3.86. The normalized spacial score (nSPS) is 14.4. The maximum Gasteiger partial charge on any atom is 0.177 e. The second-order valence-electron chi connectivity index (χ2n) is 8.70. The SMILES string of the molecule is CCC(C)=C(c1cc(C2CC2)c(O)cc1O)N(C(=S)NC)c1ccc2c(c1)c(C)cn2C. The molecule has 0 aliphatic heterocycles. The molecule has 168 valence electrons. The van der Waals surface area contributed by atoms with Gasteiger partial charge in [-0.2, -0.15) is 0 Å². The molecule has 3 N–H and O–H groups in total. The van der Waals surface area contributed by atoms with Gasteiger partial charge in [0, 0.05) is 48.5 Å². The standard InChI is InChI=1S/C26H31N3O2S/c1-6-15(2)25(21-12-20(17-7-8-17)23(30)13-24(21)31)29(26(32)27-4)18-9-10-22-19(11-18)16(3)14-28(22)5/h9-14,17,30-31H,6-8H2,1-5H3,(H,27,32). The van der Waals surface area contributed by atoms with Gasteiger partial charge in [0.05, 0.1) is 5.70 Å². The zero-order valence-corrected chi connectivity index (χ0v) is 20.2. The summed E-state index contributed by atoms with van der Waals surface area (Å²) in [6.45, 7) is 6.27. The van der Waals surface area contributed by atoms with E-state index in [4.69, 9.17) is 12.2 Å². The lowest BCUT2D eigenvalue weighted by molar-refractivity contribution is 0.445. The fourth-order valence-electron chi connectivity index (χ4n) is 4.39. The monoisotopic (exact) mass is 449 g/mol. The zero-order chi connectivity index (χ0) is 23.2. The average Bonchev–Trinajstić information content (AvgIpc) is 3.57. The molecule has 0 amide bonds. The highest BCUT2D eigenvalue weighted by atomic mass is 32.1. The fraction of sp³-hybridized carbons (Fsp3) is 0.346. The smallest absolute Gasteiger partial charge is 0.177 e. The molecule has 32 heavy (non-hydrogen) atoms. The number of nitrogens with zero attached hydrogens (tertiary/aromatic N) is 2. The number of rotatable bonds is 5. The van der Waals surface area contributed by atoms with Gasteiger partial charge in [-0.05, 0) is 92.2 Å². The Hall–Kier alpha value is -2.99. The molecule has 2 aromatic carbocycles. The van der Waals surface area contributed by atoms with Gasteiger partial charge in [0.15, 0.2) is 5.11 Å². The number of aromatic nitrogens is 1. The van der Waals surface area contributed by atoms with Gasteiger partial charge in [-0.15, -0.1) is 0 Å². The minimum atomic E-state index is 0.0515. The van der Waals surface area contributed by atoms with E-state index < -0.39 is 0 Å². The molecule has 1 aromatic heterocycles. The Labute approximate surface area is 195 Å². The highest BCUT2D eigenvalue weighted by Crippen LogP contribution is 2.47. The zero-order valence-electron chi connectivity index (χ0n) is 19.4. The number of aromatic hydroxyl groups is 2. The molecule has 0 bridgehead atoms. The number of nitrogens with one attached hydrogen (secondary N) is 1. The quantitative estimate of drug-likeness (QED) is 0.422. The Morgan fingerprint density at radius 3 is 2.53 bits per heavy atom. The van der Waals surface area contributed by atoms with E-state index in [0.29, 0.717) is 16.6 Å². The molecule has 1 aliphatic carbocycles. The highest BCUT2D eigenvalue weighted by Gasteiger charge is 2.30. The predicted molar refractivity (Wildman–Crippen MR) is 136 cm³/mol. The van der Waals surface area contributed by atoms with E-state index in [1.54, 1.807) is 0 Å². The van der Waals surface area contributed by atoms with Gasteiger partial charge in [-0.25, -0.2) is 0 Å². The molecule has 3 aromatic rings. The van der Waals surface area contributed by atoms with E-state index in [9.17, 15) is 10.2 Å². The van der Waals surface area contributed by atoms with Crippen molar-refractivity contribution in [3.8, 4) is 11.5 Å². The van der Waals surface area contributed by atoms with Crippen LogP contribution in [0.4, 0.5) is 5.69 Å². The van der Waals surface area contributed by atoms with Crippen LogP contribution in [0.3, 0.4) is 0 Å². The lowest BCUT2D eigenvalue weighted by atomic mass is 9.98. The van der Waals surface area contributed by atoms with Gasteiger partial charge in [0.25, 0.3) is 0 Å². The van der Waals surface area contributed by atoms with Crippen LogP contribution in [0.2, 0.25) is 0 Å². The number of hydrogen-bond donors (Lipinski definition) is 3. The molecule has 1 heterocycles. The van der Waals surface area contributed by atoms with Gasteiger partial charge < -0.3 is 20.1 Å². The largest absolute Gasteiger partial charge is 0.508 e. The first-order chi connectivity index (χ1) is 15.3. The third-order valence-corrected chi connectivity index (χ3v) is 6.81. The molecule has 0 saturated heterocycles. The highest BCUT2D eigenvalue weighted by molar-refractivity contribution is 7.80. The molecule has 5 nitrogen and oxygen atoms in total. The van der Waals surface area contributed by atoms with Crippen LogP contribution in [0.1, 0.15) is 55.7 Å². The van der Waals surface area contributed by atoms with Crippen molar-refractivity contribution >= 4 is 39.6 Å². The Bertz CT molecular complexity index is 1240. The molecule has 0 unspecified atom stereocenters. The summed E-state index contributed by atoms with van der Waals surface area (Å²) in [5, 5.41) is 26.2. The lowest BCUT2D eigenvalue weighted by Crippen LogP contribution is -2.37. The van der Waals surface area contributed by atoms with Crippen LogP contribution in [0.15, 0.2) is 42.1 Å². The predicted octanol–water partition coefficient (Wildman–Crippen LogP) is 5.93. The number of aryl methyl sites for hydroxylation is 2. The van der Waals surface area contributed by atoms with Crippen molar-refractivity contribution in [3.05, 3.63) is 58.8 Å². The van der Waals surface area contributed by atoms with Crippen molar-refractivity contribution in [2.75, 3.05) is 11.9 Å². The van der Waals surface area contributed by atoms with Crippen molar-refractivity contribution in [1.82, 2.24) is 9.88 Å². The first-order valence-electron chi connectivity index (χ1n) is 11.1. The van der Waals surface area contributed by atoms with Crippen LogP contribution >= 0.6 is 12.2 Å². The third kappa shape index (κ3) is 3.84. The number of benzene rings is 2. The molecular weight excluding hydrogens is 418 g/mol. The number of anilines is 1. The number of allylic oxidation sites excluding steroid dienone is 1. The van der Waals surface area contributed by atoms with Crippen LogP contribution in [0.5, 0.6) is 11.5 Å². The Kier molecular flexibility index (Phi) is 5.91. The van der Waals surface area contributed by atoms with E-state index >= 15 is 0 Å². The third-order valence-electron chi connectivity index (χ3n) is 6.42. The molecule has 1 saturated carbocycles. The van der Waals surface area contributed by atoms with Crippen molar-refractivity contribution < 1.29 is 10.2 Å². The topological polar surface area (TPSA) is 60.7 Å². The van der Waals surface area contributed by atoms with Gasteiger partial charge in [-0.3, -0.25) is 4.90 Å². The second kappa shape index (κ2) is 8.51.